The van der Waals surface area contributed by atoms with Gasteiger partial charge in [-0.05, 0) is 23.0 Å². The average molecular weight is 231 g/mol. The second-order valence-corrected chi connectivity index (χ2v) is 6.82. The summed E-state index contributed by atoms with van der Waals surface area (Å²) in [5, 5.41) is 0. The molecule has 0 saturated carbocycles. The predicted octanol–water partition coefficient (Wildman–Crippen LogP) is 4.81. The van der Waals surface area contributed by atoms with Gasteiger partial charge < -0.3 is 0 Å². The van der Waals surface area contributed by atoms with Crippen molar-refractivity contribution in [1.82, 2.24) is 4.98 Å². The molecule has 0 aliphatic rings. The van der Waals surface area contributed by atoms with Gasteiger partial charge >= 0.3 is 0 Å². The fourth-order valence-corrected chi connectivity index (χ4v) is 1.78. The summed E-state index contributed by atoms with van der Waals surface area (Å²) in [6.45, 7) is 13.5. The van der Waals surface area contributed by atoms with E-state index in [2.05, 4.69) is 70.8 Å². The first-order valence-electron chi connectivity index (χ1n) is 6.30. The number of nitrogens with zero attached hydrogens (tertiary/aromatic N) is 1. The third-order valence-corrected chi connectivity index (χ3v) is 2.73. The maximum Gasteiger partial charge on any atom is 0.0477 e. The van der Waals surface area contributed by atoms with Crippen LogP contribution < -0.4 is 0 Å². The summed E-state index contributed by atoms with van der Waals surface area (Å²) in [6, 6.07) is 6.14. The highest BCUT2D eigenvalue weighted by atomic mass is 14.7. The molecule has 0 radical (unpaired) electrons. The summed E-state index contributed by atoms with van der Waals surface area (Å²) >= 11 is 0. The van der Waals surface area contributed by atoms with Gasteiger partial charge in [0, 0.05) is 17.8 Å². The minimum atomic E-state index is 0.191. The molecule has 0 aliphatic heterocycles. The fourth-order valence-electron chi connectivity index (χ4n) is 1.78. The SMILES string of the molecule is CC(C)(C)/C=C/C(c1ccccn1)C(C)(C)C. The predicted molar refractivity (Wildman–Crippen MR) is 75.0 cm³/mol. The zero-order chi connectivity index (χ0) is 13.1. The van der Waals surface area contributed by atoms with Gasteiger partial charge in [-0.1, -0.05) is 59.8 Å². The van der Waals surface area contributed by atoms with Crippen LogP contribution in [-0.4, -0.2) is 4.98 Å². The summed E-state index contributed by atoms with van der Waals surface area (Å²) < 4.78 is 0. The summed E-state index contributed by atoms with van der Waals surface area (Å²) in [5.41, 5.74) is 1.56. The third kappa shape index (κ3) is 4.72. The Kier molecular flexibility index (Phi) is 4.13. The average Bonchev–Trinajstić information content (AvgIpc) is 2.15. The van der Waals surface area contributed by atoms with Crippen LogP contribution in [0.5, 0.6) is 0 Å². The molecule has 0 N–H and O–H groups in total. The Labute approximate surface area is 106 Å². The minimum Gasteiger partial charge on any atom is -0.261 e. The van der Waals surface area contributed by atoms with Crippen LogP contribution in [0.1, 0.15) is 53.2 Å². The van der Waals surface area contributed by atoms with E-state index in [1.165, 1.54) is 0 Å². The van der Waals surface area contributed by atoms with E-state index in [0.29, 0.717) is 5.92 Å². The number of pyridine rings is 1. The molecule has 1 aromatic heterocycles. The number of aromatic nitrogens is 1. The zero-order valence-electron chi connectivity index (χ0n) is 12.0. The highest BCUT2D eigenvalue weighted by Crippen LogP contribution is 2.36. The van der Waals surface area contributed by atoms with Gasteiger partial charge in [0.15, 0.2) is 0 Å². The molecule has 1 atom stereocenters. The van der Waals surface area contributed by atoms with Gasteiger partial charge in [0.2, 0.25) is 0 Å². The fraction of sp³-hybridized carbons (Fsp3) is 0.562. The Balaban J connectivity index is 3.03. The van der Waals surface area contributed by atoms with Crippen molar-refractivity contribution in [2.24, 2.45) is 10.8 Å². The third-order valence-electron chi connectivity index (χ3n) is 2.73. The quantitative estimate of drug-likeness (QED) is 0.665. The lowest BCUT2D eigenvalue weighted by Gasteiger charge is -2.28. The molecule has 0 bridgehead atoms. The van der Waals surface area contributed by atoms with Gasteiger partial charge in [-0.25, -0.2) is 0 Å². The van der Waals surface area contributed by atoms with Crippen LogP contribution in [0.4, 0.5) is 0 Å². The monoisotopic (exact) mass is 231 g/mol. The van der Waals surface area contributed by atoms with Crippen molar-refractivity contribution >= 4 is 0 Å². The van der Waals surface area contributed by atoms with E-state index in [1.807, 2.05) is 12.3 Å². The Hall–Kier alpha value is -1.11. The van der Waals surface area contributed by atoms with E-state index in [9.17, 15) is 0 Å². The molecule has 1 rings (SSSR count). The lowest BCUT2D eigenvalue weighted by molar-refractivity contribution is 0.358. The van der Waals surface area contributed by atoms with Gasteiger partial charge in [-0.15, -0.1) is 0 Å². The van der Waals surface area contributed by atoms with Gasteiger partial charge in [0.25, 0.3) is 0 Å². The number of rotatable bonds is 2. The van der Waals surface area contributed by atoms with E-state index in [4.69, 9.17) is 0 Å². The molecule has 1 nitrogen and oxygen atoms in total. The van der Waals surface area contributed by atoms with Gasteiger partial charge in [0.1, 0.15) is 0 Å². The van der Waals surface area contributed by atoms with Crippen LogP contribution in [-0.2, 0) is 0 Å². The molecule has 1 unspecified atom stereocenters. The molecule has 0 spiro atoms. The number of hydrogen-bond acceptors (Lipinski definition) is 1. The molecule has 0 saturated heterocycles. The second-order valence-electron chi connectivity index (χ2n) is 6.82. The molecule has 0 fully saturated rings. The lowest BCUT2D eigenvalue weighted by Crippen LogP contribution is -2.18. The van der Waals surface area contributed by atoms with Crippen LogP contribution in [0.25, 0.3) is 0 Å². The maximum absolute atomic E-state index is 4.49. The molecule has 0 amide bonds. The minimum absolute atomic E-state index is 0.191. The highest BCUT2D eigenvalue weighted by molar-refractivity contribution is 5.19. The molecular weight excluding hydrogens is 206 g/mol. The van der Waals surface area contributed by atoms with Crippen molar-refractivity contribution in [1.29, 1.82) is 0 Å². The number of hydrogen-bond donors (Lipinski definition) is 0. The van der Waals surface area contributed by atoms with E-state index in [0.717, 1.165) is 5.69 Å². The van der Waals surface area contributed by atoms with Crippen molar-refractivity contribution < 1.29 is 0 Å². The van der Waals surface area contributed by atoms with Crippen molar-refractivity contribution in [3.05, 3.63) is 42.2 Å². The molecule has 0 aromatic carbocycles. The van der Waals surface area contributed by atoms with Crippen LogP contribution in [0.15, 0.2) is 36.5 Å². The summed E-state index contributed by atoms with van der Waals surface area (Å²) in [6.07, 6.45) is 6.47. The summed E-state index contributed by atoms with van der Waals surface area (Å²) in [4.78, 5) is 4.49. The highest BCUT2D eigenvalue weighted by Gasteiger charge is 2.25. The second kappa shape index (κ2) is 5.03. The first-order chi connectivity index (χ1) is 7.70. The molecule has 1 heterocycles. The summed E-state index contributed by atoms with van der Waals surface area (Å²) in [7, 11) is 0. The molecular formula is C16H25N. The van der Waals surface area contributed by atoms with E-state index in [1.54, 1.807) is 0 Å². The standard InChI is InChI=1S/C16H25N/c1-15(2,3)11-10-13(16(4,5)6)14-9-7-8-12-17-14/h7-13H,1-6H3/b11-10+. The van der Waals surface area contributed by atoms with Crippen LogP contribution in [0.2, 0.25) is 0 Å². The maximum atomic E-state index is 4.49. The number of allylic oxidation sites excluding steroid dienone is 2. The topological polar surface area (TPSA) is 12.9 Å². The summed E-state index contributed by atoms with van der Waals surface area (Å²) in [5.74, 6) is 0.364. The molecule has 17 heavy (non-hydrogen) atoms. The smallest absolute Gasteiger partial charge is 0.0477 e. The molecule has 94 valence electrons. The van der Waals surface area contributed by atoms with Crippen molar-refractivity contribution in [2.45, 2.75) is 47.5 Å². The van der Waals surface area contributed by atoms with Gasteiger partial charge in [-0.3, -0.25) is 4.98 Å². The molecule has 1 aromatic rings. The molecule has 1 heteroatoms. The van der Waals surface area contributed by atoms with E-state index < -0.39 is 0 Å². The van der Waals surface area contributed by atoms with Crippen LogP contribution in [0, 0.1) is 10.8 Å². The Morgan fingerprint density at radius 2 is 1.71 bits per heavy atom. The first-order valence-corrected chi connectivity index (χ1v) is 6.30. The van der Waals surface area contributed by atoms with Crippen molar-refractivity contribution in [3.63, 3.8) is 0 Å². The van der Waals surface area contributed by atoms with Crippen LogP contribution >= 0.6 is 0 Å². The van der Waals surface area contributed by atoms with Crippen LogP contribution in [0.3, 0.4) is 0 Å². The zero-order valence-corrected chi connectivity index (χ0v) is 12.0. The lowest BCUT2D eigenvalue weighted by atomic mass is 9.77. The first kappa shape index (κ1) is 14.0. The van der Waals surface area contributed by atoms with E-state index >= 15 is 0 Å². The van der Waals surface area contributed by atoms with Crippen molar-refractivity contribution in [2.75, 3.05) is 0 Å². The Morgan fingerprint density at radius 1 is 1.06 bits per heavy atom. The largest absolute Gasteiger partial charge is 0.261 e. The molecule has 0 aliphatic carbocycles. The van der Waals surface area contributed by atoms with Gasteiger partial charge in [-0.2, -0.15) is 0 Å². The van der Waals surface area contributed by atoms with Gasteiger partial charge in [0.05, 0.1) is 0 Å². The van der Waals surface area contributed by atoms with E-state index in [-0.39, 0.29) is 10.8 Å². The normalized spacial score (nSPS) is 15.2. The van der Waals surface area contributed by atoms with Crippen molar-refractivity contribution in [3.8, 4) is 0 Å². The Bertz CT molecular complexity index is 363. The Morgan fingerprint density at radius 3 is 2.12 bits per heavy atom.